The van der Waals surface area contributed by atoms with Crippen molar-refractivity contribution in [3.63, 3.8) is 0 Å². The lowest BCUT2D eigenvalue weighted by atomic mass is 9.88. The summed E-state index contributed by atoms with van der Waals surface area (Å²) in [7, 11) is -3.50. The summed E-state index contributed by atoms with van der Waals surface area (Å²) in [6.07, 6.45) is 0.107. The van der Waals surface area contributed by atoms with Crippen LogP contribution in [0.15, 0.2) is 43.0 Å². The number of sulfonamides is 1. The van der Waals surface area contributed by atoms with Crippen molar-refractivity contribution in [1.82, 2.24) is 23.8 Å². The summed E-state index contributed by atoms with van der Waals surface area (Å²) in [5, 5.41) is 10.7. The van der Waals surface area contributed by atoms with E-state index in [1.54, 1.807) is 23.0 Å². The molecule has 12 heteroatoms. The van der Waals surface area contributed by atoms with Gasteiger partial charge >= 0.3 is 6.18 Å². The number of nitriles is 1. The molecule has 34 heavy (non-hydrogen) atoms. The van der Waals surface area contributed by atoms with Gasteiger partial charge < -0.3 is 9.55 Å². The van der Waals surface area contributed by atoms with Crippen molar-refractivity contribution < 1.29 is 21.6 Å². The van der Waals surface area contributed by atoms with Crippen LogP contribution in [0.5, 0.6) is 0 Å². The molecule has 4 heterocycles. The van der Waals surface area contributed by atoms with Gasteiger partial charge in [0.2, 0.25) is 10.0 Å². The van der Waals surface area contributed by atoms with Crippen molar-refractivity contribution in [2.75, 3.05) is 18.8 Å². The maximum absolute atomic E-state index is 13.6. The minimum atomic E-state index is -4.56. The van der Waals surface area contributed by atoms with Crippen LogP contribution in [0, 0.1) is 11.3 Å². The van der Waals surface area contributed by atoms with Crippen LogP contribution >= 0.6 is 0 Å². The van der Waals surface area contributed by atoms with Crippen molar-refractivity contribution in [2.24, 2.45) is 0 Å². The molecule has 0 bridgehead atoms. The highest BCUT2D eigenvalue weighted by molar-refractivity contribution is 7.89. The molecule has 0 unspecified atom stereocenters. The van der Waals surface area contributed by atoms with Crippen LogP contribution in [-0.4, -0.2) is 51.1 Å². The number of halogens is 3. The maximum atomic E-state index is 13.6. The molecule has 4 aromatic rings. The fraction of sp³-hybridized carbons (Fsp3) is 0.318. The number of fused-ring (bicyclic) bond motifs is 2. The number of H-pyrrole nitrogens is 1. The number of aromatic amines is 1. The first-order chi connectivity index (χ1) is 16.1. The number of alkyl halides is 3. The van der Waals surface area contributed by atoms with E-state index in [1.165, 1.54) is 23.6 Å². The molecule has 1 fully saturated rings. The van der Waals surface area contributed by atoms with Crippen LogP contribution in [0.25, 0.3) is 33.2 Å². The van der Waals surface area contributed by atoms with Gasteiger partial charge in [-0.15, -0.1) is 0 Å². The molecule has 1 saturated heterocycles. The number of benzene rings is 1. The quantitative estimate of drug-likeness (QED) is 0.459. The van der Waals surface area contributed by atoms with Gasteiger partial charge in [0, 0.05) is 47.3 Å². The molecule has 176 valence electrons. The third-order valence-corrected chi connectivity index (χ3v) is 8.14. The normalized spacial score (nSPS) is 16.6. The highest BCUT2D eigenvalue weighted by Gasteiger charge is 2.49. The van der Waals surface area contributed by atoms with E-state index < -0.39 is 27.3 Å². The summed E-state index contributed by atoms with van der Waals surface area (Å²) in [5.41, 5.74) is 0.111. The Kier molecular flexibility index (Phi) is 4.96. The Labute approximate surface area is 192 Å². The number of hydrogen-bond donors (Lipinski definition) is 1. The van der Waals surface area contributed by atoms with Crippen molar-refractivity contribution in [1.29, 1.82) is 5.26 Å². The molecule has 0 amide bonds. The average Bonchev–Trinajstić information content (AvgIpc) is 3.40. The summed E-state index contributed by atoms with van der Waals surface area (Å²) in [6.45, 7) is 1.52. The summed E-state index contributed by atoms with van der Waals surface area (Å²) in [4.78, 5) is 11.6. The number of nitrogens with zero attached hydrogens (tertiary/aromatic N) is 5. The molecule has 1 aliphatic rings. The van der Waals surface area contributed by atoms with Crippen LogP contribution in [0.2, 0.25) is 0 Å². The highest BCUT2D eigenvalue weighted by atomic mass is 32.2. The lowest BCUT2D eigenvalue weighted by molar-refractivity contribution is -0.137. The molecule has 0 spiro atoms. The highest BCUT2D eigenvalue weighted by Crippen LogP contribution is 2.43. The molecule has 0 radical (unpaired) electrons. The molecule has 1 aromatic carbocycles. The van der Waals surface area contributed by atoms with Crippen LogP contribution in [0.1, 0.15) is 18.9 Å². The number of nitrogens with one attached hydrogen (secondary N) is 1. The van der Waals surface area contributed by atoms with Crippen LogP contribution < -0.4 is 0 Å². The first-order valence-electron chi connectivity index (χ1n) is 10.5. The van der Waals surface area contributed by atoms with Gasteiger partial charge in [0.05, 0.1) is 35.0 Å². The van der Waals surface area contributed by atoms with E-state index in [1.807, 2.05) is 0 Å². The molecular weight excluding hydrogens is 469 g/mol. The molecular formula is C22H19F3N6O2S. The Morgan fingerprint density at radius 3 is 2.65 bits per heavy atom. The minimum absolute atomic E-state index is 0.000458. The lowest BCUT2D eigenvalue weighted by Crippen LogP contribution is -2.64. The Morgan fingerprint density at radius 2 is 1.97 bits per heavy atom. The monoisotopic (exact) mass is 488 g/mol. The molecule has 3 aromatic heterocycles. The zero-order chi connectivity index (χ0) is 24.3. The summed E-state index contributed by atoms with van der Waals surface area (Å²) < 4.78 is 68.3. The van der Waals surface area contributed by atoms with E-state index in [-0.39, 0.29) is 30.8 Å². The van der Waals surface area contributed by atoms with E-state index >= 15 is 0 Å². The van der Waals surface area contributed by atoms with E-state index in [0.29, 0.717) is 27.7 Å². The smallest absolute Gasteiger partial charge is 0.346 e. The number of rotatable bonds is 5. The molecule has 0 aliphatic carbocycles. The molecule has 8 nitrogen and oxygen atoms in total. The summed E-state index contributed by atoms with van der Waals surface area (Å²) >= 11 is 0. The van der Waals surface area contributed by atoms with Gasteiger partial charge in [-0.2, -0.15) is 22.7 Å². The largest absolute Gasteiger partial charge is 0.416 e. The van der Waals surface area contributed by atoms with Crippen molar-refractivity contribution in [2.45, 2.75) is 25.1 Å². The predicted molar refractivity (Wildman–Crippen MR) is 119 cm³/mol. The Bertz CT molecular complexity index is 1560. The van der Waals surface area contributed by atoms with E-state index in [2.05, 4.69) is 21.0 Å². The van der Waals surface area contributed by atoms with Gasteiger partial charge in [0.1, 0.15) is 12.0 Å². The van der Waals surface area contributed by atoms with Gasteiger partial charge in [-0.25, -0.2) is 18.4 Å². The molecule has 0 saturated carbocycles. The molecule has 0 atom stereocenters. The minimum Gasteiger partial charge on any atom is -0.346 e. The van der Waals surface area contributed by atoms with E-state index in [4.69, 9.17) is 0 Å². The van der Waals surface area contributed by atoms with Gasteiger partial charge in [0.25, 0.3) is 0 Å². The molecule has 5 rings (SSSR count). The zero-order valence-electron chi connectivity index (χ0n) is 18.0. The van der Waals surface area contributed by atoms with Gasteiger partial charge in [-0.05, 0) is 25.1 Å². The van der Waals surface area contributed by atoms with Gasteiger partial charge in [-0.1, -0.05) is 6.07 Å². The van der Waals surface area contributed by atoms with Gasteiger partial charge in [-0.3, -0.25) is 0 Å². The molecule has 1 aliphatic heterocycles. The first-order valence-corrected chi connectivity index (χ1v) is 12.1. The van der Waals surface area contributed by atoms with Crippen LogP contribution in [-0.2, 0) is 21.7 Å². The third-order valence-electron chi connectivity index (χ3n) is 6.36. The van der Waals surface area contributed by atoms with Crippen molar-refractivity contribution in [3.05, 3.63) is 48.5 Å². The fourth-order valence-corrected chi connectivity index (χ4v) is 5.80. The number of aromatic nitrogens is 4. The topological polar surface area (TPSA) is 108 Å². The predicted octanol–water partition coefficient (Wildman–Crippen LogP) is 3.87. The van der Waals surface area contributed by atoms with Crippen LogP contribution in [0.3, 0.4) is 0 Å². The second-order valence-electron chi connectivity index (χ2n) is 8.33. The van der Waals surface area contributed by atoms with Crippen LogP contribution in [0.4, 0.5) is 13.2 Å². The van der Waals surface area contributed by atoms with E-state index in [9.17, 15) is 26.9 Å². The first kappa shape index (κ1) is 22.4. The Hall–Kier alpha value is -3.43. The Morgan fingerprint density at radius 1 is 1.21 bits per heavy atom. The average molecular weight is 488 g/mol. The van der Waals surface area contributed by atoms with E-state index in [0.717, 1.165) is 12.1 Å². The zero-order valence-corrected chi connectivity index (χ0v) is 18.8. The summed E-state index contributed by atoms with van der Waals surface area (Å²) in [6, 6.07) is 7.32. The molecule has 1 N–H and O–H groups in total. The van der Waals surface area contributed by atoms with Crippen molar-refractivity contribution >= 4 is 32.0 Å². The van der Waals surface area contributed by atoms with Gasteiger partial charge in [0.15, 0.2) is 0 Å². The second kappa shape index (κ2) is 7.54. The standard InChI is InChI=1S/C22H19F3N6O2S/c1-2-34(32,33)30-11-21(12-30,6-7-26)31-10-17(19-16-5-8-27-20(16)29-13-28-19)15-4-3-14(9-18(15)31)22(23,24)25/h3-5,8-10,13H,2,6,11-12H2,1H3,(H,27,28,29). The van der Waals surface area contributed by atoms with Crippen molar-refractivity contribution in [3.8, 4) is 17.3 Å². The maximum Gasteiger partial charge on any atom is 0.416 e. The lowest BCUT2D eigenvalue weighted by Gasteiger charge is -2.49. The third kappa shape index (κ3) is 3.35. The SMILES string of the molecule is CCS(=O)(=O)N1CC(CC#N)(n2cc(-c3ncnc4[nH]ccc34)c3ccc(C(F)(F)F)cc32)C1. The number of hydrogen-bond acceptors (Lipinski definition) is 5. The Balaban J connectivity index is 1.76. The fourth-order valence-electron chi connectivity index (χ4n) is 4.56. The summed E-state index contributed by atoms with van der Waals surface area (Å²) in [5.74, 6) is -0.0993. The second-order valence-corrected chi connectivity index (χ2v) is 10.6.